The number of hydrogen-bond acceptors (Lipinski definition) is 6. The topological polar surface area (TPSA) is 120 Å². The molecule has 0 unspecified atom stereocenters. The van der Waals surface area contributed by atoms with Gasteiger partial charge >= 0.3 is 0 Å². The highest BCUT2D eigenvalue weighted by atomic mass is 32.2. The Bertz CT molecular complexity index is 1410. The van der Waals surface area contributed by atoms with Crippen molar-refractivity contribution in [2.24, 2.45) is 0 Å². The van der Waals surface area contributed by atoms with Crippen molar-refractivity contribution in [2.45, 2.75) is 4.90 Å². The van der Waals surface area contributed by atoms with Crippen molar-refractivity contribution in [2.75, 3.05) is 4.72 Å². The highest BCUT2D eigenvalue weighted by molar-refractivity contribution is 7.92. The Labute approximate surface area is 170 Å². The zero-order valence-corrected chi connectivity index (χ0v) is 16.1. The van der Waals surface area contributed by atoms with Gasteiger partial charge in [-0.3, -0.25) is 19.6 Å². The smallest absolute Gasteiger partial charge is 0.269 e. The van der Waals surface area contributed by atoms with Crippen molar-refractivity contribution in [3.05, 3.63) is 99.2 Å². The molecule has 0 saturated heterocycles. The van der Waals surface area contributed by atoms with Gasteiger partial charge in [-0.15, -0.1) is 0 Å². The molecular weight excluding hydrogens is 408 g/mol. The summed E-state index contributed by atoms with van der Waals surface area (Å²) in [5, 5.41) is 10.9. The first-order valence-electron chi connectivity index (χ1n) is 8.74. The number of rotatable bonds is 5. The Morgan fingerprint density at radius 3 is 2.27 bits per heavy atom. The van der Waals surface area contributed by atoms with Crippen LogP contribution in [0.1, 0.15) is 0 Å². The van der Waals surface area contributed by atoms with Crippen LogP contribution in [0.25, 0.3) is 22.3 Å². The van der Waals surface area contributed by atoms with E-state index in [0.717, 1.165) is 29.8 Å². The average Bonchev–Trinajstić information content (AvgIpc) is 2.74. The first kappa shape index (κ1) is 19.3. The number of nitro benzene ring substituents is 1. The maximum absolute atomic E-state index is 12.6. The molecule has 0 bridgehead atoms. The van der Waals surface area contributed by atoms with E-state index in [1.165, 1.54) is 24.3 Å². The van der Waals surface area contributed by atoms with Gasteiger partial charge in [0.1, 0.15) is 11.3 Å². The third kappa shape index (κ3) is 3.78. The summed E-state index contributed by atoms with van der Waals surface area (Å²) in [5.41, 5.74) is 0.706. The quantitative estimate of drug-likeness (QED) is 0.381. The predicted molar refractivity (Wildman–Crippen MR) is 112 cm³/mol. The molecule has 0 aliphatic heterocycles. The molecule has 4 aromatic rings. The van der Waals surface area contributed by atoms with Gasteiger partial charge in [0, 0.05) is 29.4 Å². The number of fused-ring (bicyclic) bond motifs is 1. The van der Waals surface area contributed by atoms with Gasteiger partial charge in [0.05, 0.1) is 15.2 Å². The van der Waals surface area contributed by atoms with Crippen LogP contribution in [0.4, 0.5) is 11.4 Å². The number of nitrogens with one attached hydrogen (secondary N) is 1. The number of anilines is 1. The first-order valence-corrected chi connectivity index (χ1v) is 10.2. The van der Waals surface area contributed by atoms with Crippen molar-refractivity contribution in [3.63, 3.8) is 0 Å². The maximum atomic E-state index is 12.6. The fourth-order valence-electron chi connectivity index (χ4n) is 2.93. The molecule has 8 nitrogen and oxygen atoms in total. The minimum absolute atomic E-state index is 0.139. The van der Waals surface area contributed by atoms with Gasteiger partial charge < -0.3 is 4.42 Å². The van der Waals surface area contributed by atoms with Gasteiger partial charge in [-0.25, -0.2) is 8.42 Å². The minimum atomic E-state index is -3.99. The van der Waals surface area contributed by atoms with Crippen molar-refractivity contribution in [3.8, 4) is 11.3 Å². The van der Waals surface area contributed by atoms with E-state index in [4.69, 9.17) is 4.42 Å². The fraction of sp³-hybridized carbons (Fsp3) is 0. The molecule has 0 amide bonds. The summed E-state index contributed by atoms with van der Waals surface area (Å²) in [6.07, 6.45) is 0. The van der Waals surface area contributed by atoms with Gasteiger partial charge in [-0.05, 0) is 30.3 Å². The van der Waals surface area contributed by atoms with E-state index in [1.54, 1.807) is 0 Å². The molecule has 0 aliphatic rings. The molecular formula is C21H14N2O6S. The lowest BCUT2D eigenvalue weighted by molar-refractivity contribution is -0.384. The molecule has 0 atom stereocenters. The molecule has 9 heteroatoms. The molecule has 1 N–H and O–H groups in total. The number of non-ortho nitro benzene ring substituents is 1. The van der Waals surface area contributed by atoms with Crippen LogP contribution in [0.2, 0.25) is 0 Å². The standard InChI is InChI=1S/C21H14N2O6S/c24-19-13-21(14-4-2-1-3-5-14)29-20-11-6-15(12-18(19)20)22-30(27,28)17-9-7-16(8-10-17)23(25)26/h1-13,22H. The summed E-state index contributed by atoms with van der Waals surface area (Å²) in [6, 6.07) is 19.4. The van der Waals surface area contributed by atoms with Crippen LogP contribution in [0, 0.1) is 10.1 Å². The molecule has 0 radical (unpaired) electrons. The summed E-state index contributed by atoms with van der Waals surface area (Å²) < 4.78 is 33.3. The SMILES string of the molecule is O=c1cc(-c2ccccc2)oc2ccc(NS(=O)(=O)c3ccc([N+](=O)[O-])cc3)cc12. The van der Waals surface area contributed by atoms with Crippen LogP contribution >= 0.6 is 0 Å². The van der Waals surface area contributed by atoms with E-state index in [9.17, 15) is 23.3 Å². The third-order valence-corrected chi connectivity index (χ3v) is 5.79. The van der Waals surface area contributed by atoms with E-state index in [-0.39, 0.29) is 27.1 Å². The summed E-state index contributed by atoms with van der Waals surface area (Å²) in [4.78, 5) is 22.5. The van der Waals surface area contributed by atoms with Gasteiger partial charge in [-0.2, -0.15) is 0 Å². The lowest BCUT2D eigenvalue weighted by Crippen LogP contribution is -2.13. The second kappa shape index (κ2) is 7.45. The minimum Gasteiger partial charge on any atom is -0.456 e. The van der Waals surface area contributed by atoms with Crippen molar-refractivity contribution in [1.29, 1.82) is 0 Å². The van der Waals surface area contributed by atoms with E-state index < -0.39 is 14.9 Å². The molecule has 0 spiro atoms. The van der Waals surface area contributed by atoms with Crippen molar-refractivity contribution in [1.82, 2.24) is 0 Å². The predicted octanol–water partition coefficient (Wildman–Crippen LogP) is 4.17. The summed E-state index contributed by atoms with van der Waals surface area (Å²) in [6.45, 7) is 0. The second-order valence-corrected chi connectivity index (χ2v) is 8.09. The monoisotopic (exact) mass is 422 g/mol. The molecule has 150 valence electrons. The normalized spacial score (nSPS) is 11.3. The Morgan fingerprint density at radius 2 is 1.60 bits per heavy atom. The van der Waals surface area contributed by atoms with Crippen molar-refractivity contribution >= 4 is 32.4 Å². The van der Waals surface area contributed by atoms with E-state index in [0.29, 0.717) is 11.3 Å². The van der Waals surface area contributed by atoms with E-state index >= 15 is 0 Å². The molecule has 4 rings (SSSR count). The van der Waals surface area contributed by atoms with Crippen molar-refractivity contribution < 1.29 is 17.8 Å². The van der Waals surface area contributed by atoms with Crippen LogP contribution in [-0.2, 0) is 10.0 Å². The molecule has 1 aromatic heterocycles. The zero-order chi connectivity index (χ0) is 21.3. The first-order chi connectivity index (χ1) is 14.3. The Kier molecular flexibility index (Phi) is 4.80. The van der Waals surface area contributed by atoms with Gasteiger partial charge in [0.2, 0.25) is 0 Å². The number of hydrogen-bond donors (Lipinski definition) is 1. The number of sulfonamides is 1. The van der Waals surface area contributed by atoms with Crippen LogP contribution in [-0.4, -0.2) is 13.3 Å². The lowest BCUT2D eigenvalue weighted by Gasteiger charge is -2.09. The highest BCUT2D eigenvalue weighted by Crippen LogP contribution is 2.25. The summed E-state index contributed by atoms with van der Waals surface area (Å²) in [7, 11) is -3.99. The lowest BCUT2D eigenvalue weighted by atomic mass is 10.1. The summed E-state index contributed by atoms with van der Waals surface area (Å²) in [5.74, 6) is 0.410. The van der Waals surface area contributed by atoms with Crippen LogP contribution < -0.4 is 10.2 Å². The van der Waals surface area contributed by atoms with Gasteiger partial charge in [0.25, 0.3) is 15.7 Å². The van der Waals surface area contributed by atoms with E-state index in [2.05, 4.69) is 4.72 Å². The van der Waals surface area contributed by atoms with Gasteiger partial charge in [-0.1, -0.05) is 30.3 Å². The molecule has 30 heavy (non-hydrogen) atoms. The average molecular weight is 422 g/mol. The van der Waals surface area contributed by atoms with Crippen LogP contribution in [0.5, 0.6) is 0 Å². The summed E-state index contributed by atoms with van der Waals surface area (Å²) >= 11 is 0. The largest absolute Gasteiger partial charge is 0.456 e. The Balaban J connectivity index is 1.67. The maximum Gasteiger partial charge on any atom is 0.269 e. The molecule has 0 aliphatic carbocycles. The second-order valence-electron chi connectivity index (χ2n) is 6.41. The molecule has 0 fully saturated rings. The third-order valence-electron chi connectivity index (χ3n) is 4.40. The van der Waals surface area contributed by atoms with Gasteiger partial charge in [0.15, 0.2) is 5.43 Å². The molecule has 3 aromatic carbocycles. The fourth-order valence-corrected chi connectivity index (χ4v) is 3.98. The highest BCUT2D eigenvalue weighted by Gasteiger charge is 2.17. The number of nitro groups is 1. The van der Waals surface area contributed by atoms with E-state index in [1.807, 2.05) is 30.3 Å². The number of benzene rings is 3. The zero-order valence-electron chi connectivity index (χ0n) is 15.3. The Morgan fingerprint density at radius 1 is 0.900 bits per heavy atom. The molecule has 1 heterocycles. The van der Waals surface area contributed by atoms with Crippen LogP contribution in [0.3, 0.4) is 0 Å². The number of nitrogens with zero attached hydrogens (tertiary/aromatic N) is 1. The Hall–Kier alpha value is -3.98. The molecule has 0 saturated carbocycles. The van der Waals surface area contributed by atoms with Crippen LogP contribution in [0.15, 0.2) is 93.0 Å².